The maximum Gasteiger partial charge on any atom is 0.0348 e. The SMILES string of the molecule is CCC1C=CC2=CC=C3C=CC=C4C=CC1=C2C43. The van der Waals surface area contributed by atoms with Gasteiger partial charge in [-0.25, -0.2) is 0 Å². The van der Waals surface area contributed by atoms with Gasteiger partial charge in [0, 0.05) is 11.8 Å². The molecule has 0 radical (unpaired) electrons. The fourth-order valence-corrected chi connectivity index (χ4v) is 3.49. The molecule has 0 saturated carbocycles. The minimum absolute atomic E-state index is 0.494. The minimum atomic E-state index is 0.494. The molecule has 2 atom stereocenters. The molecule has 0 heterocycles. The van der Waals surface area contributed by atoms with Gasteiger partial charge in [-0.2, -0.15) is 0 Å². The summed E-state index contributed by atoms with van der Waals surface area (Å²) >= 11 is 0. The molecule has 0 amide bonds. The second-order valence-electron chi connectivity index (χ2n) is 5.32. The van der Waals surface area contributed by atoms with E-state index in [-0.39, 0.29) is 0 Å². The molecule has 0 aromatic rings. The second kappa shape index (κ2) is 3.58. The average molecular weight is 232 g/mol. The highest BCUT2D eigenvalue weighted by molar-refractivity contribution is 5.67. The molecule has 0 fully saturated rings. The van der Waals surface area contributed by atoms with E-state index in [0.717, 1.165) is 0 Å². The van der Waals surface area contributed by atoms with Gasteiger partial charge in [-0.1, -0.05) is 61.6 Å². The number of allylic oxidation sites excluding steroid dienone is 14. The molecule has 0 saturated heterocycles. The summed E-state index contributed by atoms with van der Waals surface area (Å²) in [7, 11) is 0. The molecule has 4 aliphatic carbocycles. The monoisotopic (exact) mass is 232 g/mol. The third kappa shape index (κ3) is 1.21. The second-order valence-corrected chi connectivity index (χ2v) is 5.32. The highest BCUT2D eigenvalue weighted by atomic mass is 14.4. The van der Waals surface area contributed by atoms with Crippen molar-refractivity contribution in [2.75, 3.05) is 0 Å². The summed E-state index contributed by atoms with van der Waals surface area (Å²) < 4.78 is 0. The first-order valence-electron chi connectivity index (χ1n) is 6.79. The summed E-state index contributed by atoms with van der Waals surface area (Å²) in [5, 5.41) is 0. The van der Waals surface area contributed by atoms with Crippen molar-refractivity contribution in [3.63, 3.8) is 0 Å². The Kier molecular flexibility index (Phi) is 2.02. The van der Waals surface area contributed by atoms with Crippen LogP contribution in [0.15, 0.2) is 82.5 Å². The molecule has 18 heavy (non-hydrogen) atoms. The first kappa shape index (κ1) is 10.1. The molecule has 4 rings (SSSR count). The van der Waals surface area contributed by atoms with Gasteiger partial charge >= 0.3 is 0 Å². The van der Waals surface area contributed by atoms with E-state index in [1.807, 2.05) is 0 Å². The van der Waals surface area contributed by atoms with Gasteiger partial charge in [0.15, 0.2) is 0 Å². The van der Waals surface area contributed by atoms with Gasteiger partial charge in [-0.15, -0.1) is 0 Å². The van der Waals surface area contributed by atoms with Crippen molar-refractivity contribution >= 4 is 0 Å². The van der Waals surface area contributed by atoms with Gasteiger partial charge in [-0.3, -0.25) is 0 Å². The zero-order valence-corrected chi connectivity index (χ0v) is 10.6. The zero-order chi connectivity index (χ0) is 12.1. The van der Waals surface area contributed by atoms with Crippen molar-refractivity contribution < 1.29 is 0 Å². The standard InChI is InChI=1S/C18H16/c1-2-12-6-7-15-9-8-13-4-3-5-14-10-11-16(12)18(15)17(13)14/h3-12,17H,2H2,1H3. The van der Waals surface area contributed by atoms with Crippen molar-refractivity contribution in [2.45, 2.75) is 13.3 Å². The van der Waals surface area contributed by atoms with E-state index in [9.17, 15) is 0 Å². The molecule has 88 valence electrons. The van der Waals surface area contributed by atoms with Gasteiger partial charge in [0.1, 0.15) is 0 Å². The summed E-state index contributed by atoms with van der Waals surface area (Å²) in [4.78, 5) is 0. The maximum absolute atomic E-state index is 2.36. The van der Waals surface area contributed by atoms with Crippen LogP contribution >= 0.6 is 0 Å². The van der Waals surface area contributed by atoms with Crippen molar-refractivity contribution in [3.05, 3.63) is 82.5 Å². The molecule has 0 nitrogen and oxygen atoms in total. The van der Waals surface area contributed by atoms with Crippen LogP contribution in [-0.4, -0.2) is 0 Å². The zero-order valence-electron chi connectivity index (χ0n) is 10.6. The Balaban J connectivity index is 1.98. The third-order valence-corrected chi connectivity index (χ3v) is 4.41. The number of hydrogen-bond acceptors (Lipinski definition) is 0. The first-order valence-corrected chi connectivity index (χ1v) is 6.79. The van der Waals surface area contributed by atoms with Gasteiger partial charge in [0.25, 0.3) is 0 Å². The van der Waals surface area contributed by atoms with Crippen LogP contribution in [0, 0.1) is 11.8 Å². The lowest BCUT2D eigenvalue weighted by Gasteiger charge is -2.37. The van der Waals surface area contributed by atoms with Crippen LogP contribution in [0.1, 0.15) is 13.3 Å². The van der Waals surface area contributed by atoms with E-state index in [1.54, 1.807) is 5.57 Å². The van der Waals surface area contributed by atoms with Crippen molar-refractivity contribution in [1.29, 1.82) is 0 Å². The normalized spacial score (nSPS) is 30.8. The summed E-state index contributed by atoms with van der Waals surface area (Å²) in [5.41, 5.74) is 7.39. The molecule has 0 spiro atoms. The Labute approximate surface area is 108 Å². The molecular weight excluding hydrogens is 216 g/mol. The summed E-state index contributed by atoms with van der Waals surface area (Å²) in [6.07, 6.45) is 21.7. The Morgan fingerprint density at radius 3 is 2.72 bits per heavy atom. The van der Waals surface area contributed by atoms with E-state index in [1.165, 1.54) is 28.7 Å². The molecule has 4 aliphatic rings. The van der Waals surface area contributed by atoms with Crippen molar-refractivity contribution in [2.24, 2.45) is 11.8 Å². The van der Waals surface area contributed by atoms with Crippen LogP contribution in [0.4, 0.5) is 0 Å². The Morgan fingerprint density at radius 2 is 1.83 bits per heavy atom. The Hall–Kier alpha value is -1.82. The number of hydrogen-bond donors (Lipinski definition) is 0. The molecule has 0 aliphatic heterocycles. The largest absolute Gasteiger partial charge is 0.0764 e. The highest BCUT2D eigenvalue weighted by Gasteiger charge is 2.33. The molecule has 0 aromatic carbocycles. The van der Waals surface area contributed by atoms with Crippen LogP contribution in [-0.2, 0) is 0 Å². The molecule has 0 N–H and O–H groups in total. The predicted molar refractivity (Wildman–Crippen MR) is 76.0 cm³/mol. The lowest BCUT2D eigenvalue weighted by atomic mass is 9.67. The lowest BCUT2D eigenvalue weighted by Crippen LogP contribution is -2.23. The Morgan fingerprint density at radius 1 is 0.944 bits per heavy atom. The number of rotatable bonds is 1. The third-order valence-electron chi connectivity index (χ3n) is 4.41. The molecule has 0 heteroatoms. The fourth-order valence-electron chi connectivity index (χ4n) is 3.49. The summed E-state index contributed by atoms with van der Waals surface area (Å²) in [6.45, 7) is 2.27. The van der Waals surface area contributed by atoms with Crippen molar-refractivity contribution in [1.82, 2.24) is 0 Å². The van der Waals surface area contributed by atoms with Gasteiger partial charge in [0.05, 0.1) is 0 Å². The van der Waals surface area contributed by atoms with Crippen LogP contribution in [0.25, 0.3) is 0 Å². The topological polar surface area (TPSA) is 0 Å². The van der Waals surface area contributed by atoms with Crippen LogP contribution in [0.2, 0.25) is 0 Å². The average Bonchev–Trinajstić information content (AvgIpc) is 2.44. The van der Waals surface area contributed by atoms with Crippen LogP contribution in [0.3, 0.4) is 0 Å². The van der Waals surface area contributed by atoms with E-state index < -0.39 is 0 Å². The van der Waals surface area contributed by atoms with Gasteiger partial charge in [0.2, 0.25) is 0 Å². The molecular formula is C18H16. The molecule has 2 unspecified atom stereocenters. The summed E-state index contributed by atoms with van der Waals surface area (Å²) in [6, 6.07) is 0. The Bertz CT molecular complexity index is 627. The minimum Gasteiger partial charge on any atom is -0.0764 e. The lowest BCUT2D eigenvalue weighted by molar-refractivity contribution is 0.698. The highest BCUT2D eigenvalue weighted by Crippen LogP contribution is 2.47. The van der Waals surface area contributed by atoms with E-state index in [2.05, 4.69) is 61.6 Å². The van der Waals surface area contributed by atoms with Crippen LogP contribution in [0.5, 0.6) is 0 Å². The smallest absolute Gasteiger partial charge is 0.0348 e. The molecule has 0 bridgehead atoms. The fraction of sp³-hybridized carbons (Fsp3) is 0.222. The maximum atomic E-state index is 2.36. The van der Waals surface area contributed by atoms with E-state index in [0.29, 0.717) is 11.8 Å². The van der Waals surface area contributed by atoms with E-state index >= 15 is 0 Å². The molecule has 0 aromatic heterocycles. The van der Waals surface area contributed by atoms with E-state index in [4.69, 9.17) is 0 Å². The van der Waals surface area contributed by atoms with Crippen molar-refractivity contribution in [3.8, 4) is 0 Å². The van der Waals surface area contributed by atoms with Crippen LogP contribution < -0.4 is 0 Å². The van der Waals surface area contributed by atoms with Gasteiger partial charge < -0.3 is 0 Å². The predicted octanol–water partition coefficient (Wildman–Crippen LogP) is 4.43. The quantitative estimate of drug-likeness (QED) is 0.627. The first-order chi connectivity index (χ1) is 8.88. The van der Waals surface area contributed by atoms with Gasteiger partial charge in [-0.05, 0) is 34.3 Å². The summed E-state index contributed by atoms with van der Waals surface area (Å²) in [5.74, 6) is 1.09.